The van der Waals surface area contributed by atoms with Crippen LogP contribution in [-0.4, -0.2) is 55.6 Å². The lowest BCUT2D eigenvalue weighted by atomic mass is 10.0. The number of nitrogens with one attached hydrogen (secondary N) is 1. The Bertz CT molecular complexity index is 399. The van der Waals surface area contributed by atoms with Crippen LogP contribution >= 0.6 is 0 Å². The number of hydrogen-bond acceptors (Lipinski definition) is 3. The maximum absolute atomic E-state index is 3.42. The molecule has 0 unspecified atom stereocenters. The summed E-state index contributed by atoms with van der Waals surface area (Å²) in [5.74, 6) is 0. The molecule has 2 heterocycles. The van der Waals surface area contributed by atoms with Crippen LogP contribution in [0.1, 0.15) is 17.5 Å². The average Bonchev–Trinajstić information content (AvgIpc) is 2.68. The maximum Gasteiger partial charge on any atom is 0.0237 e. The average molecular weight is 259 g/mol. The summed E-state index contributed by atoms with van der Waals surface area (Å²) >= 11 is 0. The summed E-state index contributed by atoms with van der Waals surface area (Å²) in [6, 6.07) is 8.96. The minimum absolute atomic E-state index is 1.14. The van der Waals surface area contributed by atoms with Gasteiger partial charge in [0.05, 0.1) is 0 Å². The highest BCUT2D eigenvalue weighted by Crippen LogP contribution is 2.18. The van der Waals surface area contributed by atoms with Gasteiger partial charge in [-0.05, 0) is 30.5 Å². The Kier molecular flexibility index (Phi) is 4.49. The third-order valence-corrected chi connectivity index (χ3v) is 4.37. The van der Waals surface area contributed by atoms with Gasteiger partial charge in [0.1, 0.15) is 0 Å². The molecule has 104 valence electrons. The lowest BCUT2D eigenvalue weighted by Gasteiger charge is -2.30. The molecule has 1 saturated heterocycles. The molecule has 1 aromatic rings. The van der Waals surface area contributed by atoms with Crippen LogP contribution < -0.4 is 5.32 Å². The molecule has 0 aromatic heterocycles. The van der Waals surface area contributed by atoms with Crippen molar-refractivity contribution in [1.82, 2.24) is 15.1 Å². The van der Waals surface area contributed by atoms with E-state index in [0.29, 0.717) is 0 Å². The normalized spacial score (nSPS) is 21.9. The number of hydrogen-bond donors (Lipinski definition) is 1. The summed E-state index contributed by atoms with van der Waals surface area (Å²) in [7, 11) is 0. The molecule has 3 heteroatoms. The topological polar surface area (TPSA) is 18.5 Å². The van der Waals surface area contributed by atoms with Crippen LogP contribution in [0.3, 0.4) is 0 Å². The van der Waals surface area contributed by atoms with Gasteiger partial charge in [-0.25, -0.2) is 0 Å². The minimum Gasteiger partial charge on any atom is -0.314 e. The van der Waals surface area contributed by atoms with Crippen molar-refractivity contribution in [3.63, 3.8) is 0 Å². The third kappa shape index (κ3) is 3.56. The highest BCUT2D eigenvalue weighted by molar-refractivity contribution is 5.27. The van der Waals surface area contributed by atoms with Crippen LogP contribution in [0.5, 0.6) is 0 Å². The van der Waals surface area contributed by atoms with Crippen molar-refractivity contribution in [2.45, 2.75) is 19.4 Å². The van der Waals surface area contributed by atoms with Gasteiger partial charge in [0.25, 0.3) is 0 Å². The van der Waals surface area contributed by atoms with Crippen molar-refractivity contribution in [2.75, 3.05) is 45.8 Å². The summed E-state index contributed by atoms with van der Waals surface area (Å²) in [5.41, 5.74) is 3.10. The smallest absolute Gasteiger partial charge is 0.0237 e. The van der Waals surface area contributed by atoms with Crippen molar-refractivity contribution in [3.05, 3.63) is 35.4 Å². The second kappa shape index (κ2) is 6.51. The molecule has 0 bridgehead atoms. The Morgan fingerprint density at radius 1 is 0.895 bits per heavy atom. The maximum atomic E-state index is 3.42. The Morgan fingerprint density at radius 3 is 2.47 bits per heavy atom. The molecular formula is C16H25N3. The second-order valence-corrected chi connectivity index (χ2v) is 5.74. The highest BCUT2D eigenvalue weighted by atomic mass is 15.2. The molecule has 0 aliphatic carbocycles. The molecule has 0 radical (unpaired) electrons. The van der Waals surface area contributed by atoms with E-state index in [1.165, 1.54) is 45.6 Å². The lowest BCUT2D eigenvalue weighted by Crippen LogP contribution is -2.46. The zero-order valence-electron chi connectivity index (χ0n) is 11.8. The van der Waals surface area contributed by atoms with E-state index in [1.54, 1.807) is 11.1 Å². The number of aryl methyl sites for hydroxylation is 1. The van der Waals surface area contributed by atoms with Gasteiger partial charge in [0.15, 0.2) is 0 Å². The van der Waals surface area contributed by atoms with E-state index >= 15 is 0 Å². The Hall–Kier alpha value is -0.900. The Labute approximate surface area is 116 Å². The van der Waals surface area contributed by atoms with Crippen LogP contribution in [0.15, 0.2) is 24.3 Å². The molecule has 3 rings (SSSR count). The Balaban J connectivity index is 1.54. The van der Waals surface area contributed by atoms with E-state index in [-0.39, 0.29) is 0 Å². The summed E-state index contributed by atoms with van der Waals surface area (Å²) in [5, 5.41) is 3.42. The van der Waals surface area contributed by atoms with Crippen molar-refractivity contribution in [3.8, 4) is 0 Å². The van der Waals surface area contributed by atoms with Crippen LogP contribution in [0, 0.1) is 0 Å². The molecule has 2 aliphatic heterocycles. The predicted molar refractivity (Wildman–Crippen MR) is 79.3 cm³/mol. The monoisotopic (exact) mass is 259 g/mol. The zero-order valence-corrected chi connectivity index (χ0v) is 11.8. The summed E-state index contributed by atoms with van der Waals surface area (Å²) in [4.78, 5) is 5.22. The summed E-state index contributed by atoms with van der Waals surface area (Å²) in [6.07, 6.45) is 2.55. The van der Waals surface area contributed by atoms with Crippen molar-refractivity contribution >= 4 is 0 Å². The molecule has 19 heavy (non-hydrogen) atoms. The number of fused-ring (bicyclic) bond motifs is 1. The van der Waals surface area contributed by atoms with Gasteiger partial charge in [-0.1, -0.05) is 24.3 Å². The molecule has 0 saturated carbocycles. The fourth-order valence-corrected chi connectivity index (χ4v) is 3.18. The molecule has 2 aliphatic rings. The van der Waals surface area contributed by atoms with Crippen LogP contribution in [-0.2, 0) is 13.0 Å². The van der Waals surface area contributed by atoms with Gasteiger partial charge < -0.3 is 5.32 Å². The van der Waals surface area contributed by atoms with Crippen molar-refractivity contribution in [2.24, 2.45) is 0 Å². The van der Waals surface area contributed by atoms with Crippen LogP contribution in [0.4, 0.5) is 0 Å². The van der Waals surface area contributed by atoms with Gasteiger partial charge in [-0.3, -0.25) is 9.80 Å². The summed E-state index contributed by atoms with van der Waals surface area (Å²) in [6.45, 7) is 9.57. The molecule has 3 nitrogen and oxygen atoms in total. The van der Waals surface area contributed by atoms with Crippen molar-refractivity contribution in [1.29, 1.82) is 0 Å². The molecule has 0 amide bonds. The first-order valence-corrected chi connectivity index (χ1v) is 7.64. The first-order valence-electron chi connectivity index (χ1n) is 7.64. The fraction of sp³-hybridized carbons (Fsp3) is 0.625. The van der Waals surface area contributed by atoms with Gasteiger partial charge >= 0.3 is 0 Å². The number of nitrogens with zero attached hydrogens (tertiary/aromatic N) is 2. The Morgan fingerprint density at radius 2 is 1.63 bits per heavy atom. The molecule has 1 aromatic carbocycles. The van der Waals surface area contributed by atoms with Gasteiger partial charge in [0.2, 0.25) is 0 Å². The minimum atomic E-state index is 1.14. The predicted octanol–water partition coefficient (Wildman–Crippen LogP) is 1.34. The highest BCUT2D eigenvalue weighted by Gasteiger charge is 2.15. The lowest BCUT2D eigenvalue weighted by molar-refractivity contribution is 0.185. The quantitative estimate of drug-likeness (QED) is 0.884. The number of piperazine rings is 1. The molecule has 1 fully saturated rings. The first-order chi connectivity index (χ1) is 9.42. The van der Waals surface area contributed by atoms with E-state index in [1.807, 2.05) is 0 Å². The fourth-order valence-electron chi connectivity index (χ4n) is 3.18. The van der Waals surface area contributed by atoms with E-state index in [9.17, 15) is 0 Å². The molecule has 1 N–H and O–H groups in total. The van der Waals surface area contributed by atoms with E-state index in [0.717, 1.165) is 19.6 Å². The number of rotatable bonds is 3. The number of benzene rings is 1. The third-order valence-electron chi connectivity index (χ3n) is 4.37. The van der Waals surface area contributed by atoms with Gasteiger partial charge in [-0.2, -0.15) is 0 Å². The molecule has 0 spiro atoms. The standard InChI is InChI=1S/C16H25N3/c1-2-5-16-14-19(9-3-6-15(16)4-1)13-12-18-10-7-17-8-11-18/h1-2,4-5,17H,3,6-14H2. The zero-order chi connectivity index (χ0) is 12.9. The summed E-state index contributed by atoms with van der Waals surface area (Å²) < 4.78 is 0. The van der Waals surface area contributed by atoms with E-state index < -0.39 is 0 Å². The van der Waals surface area contributed by atoms with Gasteiger partial charge in [0, 0.05) is 45.8 Å². The first kappa shape index (κ1) is 13.1. The van der Waals surface area contributed by atoms with Crippen molar-refractivity contribution < 1.29 is 0 Å². The molecular weight excluding hydrogens is 234 g/mol. The largest absolute Gasteiger partial charge is 0.314 e. The SMILES string of the molecule is c1ccc2c(c1)CCCN(CCN1CCNCC1)C2. The van der Waals surface area contributed by atoms with Crippen LogP contribution in [0.2, 0.25) is 0 Å². The second-order valence-electron chi connectivity index (χ2n) is 5.74. The van der Waals surface area contributed by atoms with Gasteiger partial charge in [-0.15, -0.1) is 0 Å². The van der Waals surface area contributed by atoms with E-state index in [2.05, 4.69) is 39.4 Å². The van der Waals surface area contributed by atoms with E-state index in [4.69, 9.17) is 0 Å². The molecule has 0 atom stereocenters. The van der Waals surface area contributed by atoms with Crippen LogP contribution in [0.25, 0.3) is 0 Å².